The van der Waals surface area contributed by atoms with E-state index in [0.717, 1.165) is 26.9 Å². The molecule has 2 aromatic rings. The molecule has 4 heteroatoms. The fraction of sp³-hybridized carbons (Fsp3) is 0.353. The van der Waals surface area contributed by atoms with E-state index in [9.17, 15) is 4.79 Å². The quantitative estimate of drug-likeness (QED) is 0.697. The molecule has 21 heavy (non-hydrogen) atoms. The van der Waals surface area contributed by atoms with Crippen molar-refractivity contribution >= 4 is 22.0 Å². The van der Waals surface area contributed by atoms with Crippen LogP contribution in [0.3, 0.4) is 0 Å². The van der Waals surface area contributed by atoms with Crippen LogP contribution in [-0.2, 0) is 4.74 Å². The van der Waals surface area contributed by atoms with Gasteiger partial charge in [-0.1, -0.05) is 17.7 Å². The van der Waals surface area contributed by atoms with E-state index in [-0.39, 0.29) is 6.09 Å². The average Bonchev–Trinajstić information content (AvgIpc) is 2.72. The van der Waals surface area contributed by atoms with Crippen molar-refractivity contribution in [1.29, 1.82) is 0 Å². The van der Waals surface area contributed by atoms with Crippen molar-refractivity contribution in [3.05, 3.63) is 46.1 Å². The molecule has 0 saturated heterocycles. The van der Waals surface area contributed by atoms with Gasteiger partial charge in [-0.15, -0.1) is 0 Å². The van der Waals surface area contributed by atoms with Crippen LogP contribution in [0.5, 0.6) is 0 Å². The second-order valence-electron chi connectivity index (χ2n) is 6.21. The van der Waals surface area contributed by atoms with Gasteiger partial charge in [0.2, 0.25) is 0 Å². The summed E-state index contributed by atoms with van der Waals surface area (Å²) in [6, 6.07) is 8.14. The van der Waals surface area contributed by atoms with Crippen LogP contribution in [0.15, 0.2) is 34.9 Å². The number of hydrogen-bond donors (Lipinski definition) is 0. The lowest BCUT2D eigenvalue weighted by atomic mass is 10.0. The van der Waals surface area contributed by atoms with Crippen LogP contribution in [0.2, 0.25) is 0 Å². The van der Waals surface area contributed by atoms with Gasteiger partial charge >= 0.3 is 6.09 Å². The summed E-state index contributed by atoms with van der Waals surface area (Å²) in [5.74, 6) is 0. The number of rotatable bonds is 1. The molecule has 3 nitrogen and oxygen atoms in total. The Morgan fingerprint density at radius 1 is 1.19 bits per heavy atom. The lowest BCUT2D eigenvalue weighted by Gasteiger charge is -2.20. The number of nitrogens with zero attached hydrogens (tertiary/aromatic N) is 1. The van der Waals surface area contributed by atoms with Crippen LogP contribution in [-0.4, -0.2) is 16.3 Å². The molecule has 1 aromatic heterocycles. The maximum absolute atomic E-state index is 12.4. The molecule has 0 radical (unpaired) electrons. The molecule has 0 aliphatic carbocycles. The van der Waals surface area contributed by atoms with Crippen molar-refractivity contribution < 1.29 is 9.53 Å². The molecule has 2 rings (SSSR count). The summed E-state index contributed by atoms with van der Waals surface area (Å²) in [6.07, 6.45) is 1.37. The van der Waals surface area contributed by atoms with Gasteiger partial charge in [0.15, 0.2) is 0 Å². The Labute approximate surface area is 134 Å². The lowest BCUT2D eigenvalue weighted by Crippen LogP contribution is -2.27. The summed E-state index contributed by atoms with van der Waals surface area (Å²) in [6.45, 7) is 9.66. The summed E-state index contributed by atoms with van der Waals surface area (Å²) >= 11 is 3.44. The Hall–Kier alpha value is -1.55. The first kappa shape index (κ1) is 15.8. The van der Waals surface area contributed by atoms with E-state index < -0.39 is 5.60 Å². The molecule has 0 N–H and O–H groups in total. The summed E-state index contributed by atoms with van der Waals surface area (Å²) in [7, 11) is 0. The number of halogens is 1. The van der Waals surface area contributed by atoms with Crippen molar-refractivity contribution in [2.45, 2.75) is 40.2 Å². The standard InChI is InChI=1S/C17H20BrNO2/c1-11-6-7-12(2)14(8-11)15-9-13(18)10-19(15)16(20)21-17(3,4)5/h6-10H,1-5H3. The van der Waals surface area contributed by atoms with E-state index in [2.05, 4.69) is 34.1 Å². The molecule has 112 valence electrons. The Balaban J connectivity index is 2.51. The largest absolute Gasteiger partial charge is 0.443 e. The molecule has 0 saturated carbocycles. The molecule has 0 amide bonds. The normalized spacial score (nSPS) is 11.5. The highest BCUT2D eigenvalue weighted by molar-refractivity contribution is 9.10. The van der Waals surface area contributed by atoms with Gasteiger partial charge in [0.25, 0.3) is 0 Å². The minimum absolute atomic E-state index is 0.371. The van der Waals surface area contributed by atoms with Gasteiger partial charge < -0.3 is 4.74 Å². The molecule has 0 bridgehead atoms. The number of hydrogen-bond acceptors (Lipinski definition) is 2. The van der Waals surface area contributed by atoms with E-state index in [0.29, 0.717) is 0 Å². The zero-order valence-corrected chi connectivity index (χ0v) is 14.6. The summed E-state index contributed by atoms with van der Waals surface area (Å²) < 4.78 is 7.88. The summed E-state index contributed by atoms with van der Waals surface area (Å²) in [4.78, 5) is 12.4. The van der Waals surface area contributed by atoms with E-state index >= 15 is 0 Å². The molecule has 0 fully saturated rings. The number of benzene rings is 1. The lowest BCUT2D eigenvalue weighted by molar-refractivity contribution is 0.0540. The van der Waals surface area contributed by atoms with Gasteiger partial charge in [-0.2, -0.15) is 0 Å². The van der Waals surface area contributed by atoms with Crippen molar-refractivity contribution in [3.63, 3.8) is 0 Å². The maximum atomic E-state index is 12.4. The second-order valence-corrected chi connectivity index (χ2v) is 7.13. The minimum atomic E-state index is -0.521. The molecule has 0 atom stereocenters. The smallest absolute Gasteiger partial charge is 0.419 e. The number of aromatic nitrogens is 1. The Kier molecular flexibility index (Phi) is 4.28. The molecule has 0 unspecified atom stereocenters. The number of ether oxygens (including phenoxy) is 1. The highest BCUT2D eigenvalue weighted by atomic mass is 79.9. The van der Waals surface area contributed by atoms with Crippen LogP contribution in [0, 0.1) is 13.8 Å². The summed E-state index contributed by atoms with van der Waals surface area (Å²) in [5.41, 5.74) is 3.62. The highest BCUT2D eigenvalue weighted by Crippen LogP contribution is 2.29. The minimum Gasteiger partial charge on any atom is -0.443 e. The van der Waals surface area contributed by atoms with Crippen LogP contribution in [0.25, 0.3) is 11.3 Å². The van der Waals surface area contributed by atoms with Crippen molar-refractivity contribution in [3.8, 4) is 11.3 Å². The molecule has 0 aliphatic rings. The van der Waals surface area contributed by atoms with Crippen LogP contribution < -0.4 is 0 Å². The molecular weight excluding hydrogens is 330 g/mol. The van der Waals surface area contributed by atoms with Crippen LogP contribution in [0.1, 0.15) is 31.9 Å². The predicted octanol–water partition coefficient (Wildman–Crippen LogP) is 5.32. The first-order valence-corrected chi connectivity index (χ1v) is 7.65. The van der Waals surface area contributed by atoms with Crippen LogP contribution in [0.4, 0.5) is 4.79 Å². The first-order valence-electron chi connectivity index (χ1n) is 6.86. The van der Waals surface area contributed by atoms with Gasteiger partial charge in [-0.05, 0) is 68.2 Å². The first-order chi connectivity index (χ1) is 9.67. The molecule has 0 aliphatic heterocycles. The molecule has 0 spiro atoms. The predicted molar refractivity (Wildman–Crippen MR) is 88.7 cm³/mol. The summed E-state index contributed by atoms with van der Waals surface area (Å²) in [5, 5.41) is 0. The van der Waals surface area contributed by atoms with E-state index in [1.54, 1.807) is 10.8 Å². The Morgan fingerprint density at radius 3 is 2.48 bits per heavy atom. The third-order valence-electron chi connectivity index (χ3n) is 3.05. The number of aryl methyl sites for hydroxylation is 2. The number of carbonyl (C=O) groups is 1. The monoisotopic (exact) mass is 349 g/mol. The van der Waals surface area contributed by atoms with Gasteiger partial charge in [-0.3, -0.25) is 4.57 Å². The van der Waals surface area contributed by atoms with Crippen molar-refractivity contribution in [1.82, 2.24) is 4.57 Å². The topological polar surface area (TPSA) is 31.2 Å². The van der Waals surface area contributed by atoms with Crippen molar-refractivity contribution in [2.75, 3.05) is 0 Å². The van der Waals surface area contributed by atoms with E-state index in [1.807, 2.05) is 40.7 Å². The average molecular weight is 350 g/mol. The third-order valence-corrected chi connectivity index (χ3v) is 3.48. The molecule has 1 heterocycles. The van der Waals surface area contributed by atoms with Gasteiger partial charge in [0.1, 0.15) is 5.60 Å². The molecule has 1 aromatic carbocycles. The van der Waals surface area contributed by atoms with E-state index in [4.69, 9.17) is 4.74 Å². The van der Waals surface area contributed by atoms with Gasteiger partial charge in [0, 0.05) is 16.2 Å². The van der Waals surface area contributed by atoms with Crippen LogP contribution >= 0.6 is 15.9 Å². The fourth-order valence-electron chi connectivity index (χ4n) is 2.11. The fourth-order valence-corrected chi connectivity index (χ4v) is 2.53. The second kappa shape index (κ2) is 5.68. The maximum Gasteiger partial charge on any atom is 0.419 e. The zero-order valence-electron chi connectivity index (χ0n) is 13.0. The third kappa shape index (κ3) is 3.76. The van der Waals surface area contributed by atoms with Gasteiger partial charge in [-0.25, -0.2) is 4.79 Å². The van der Waals surface area contributed by atoms with Crippen molar-refractivity contribution in [2.24, 2.45) is 0 Å². The molecular formula is C17H20BrNO2. The SMILES string of the molecule is Cc1ccc(C)c(-c2cc(Br)cn2C(=O)OC(C)(C)C)c1. The van der Waals surface area contributed by atoms with Gasteiger partial charge in [0.05, 0.1) is 5.69 Å². The van der Waals surface area contributed by atoms with E-state index in [1.165, 1.54) is 0 Å². The number of carbonyl (C=O) groups excluding carboxylic acids is 1. The Morgan fingerprint density at radius 2 is 1.86 bits per heavy atom. The zero-order chi connectivity index (χ0) is 15.8. The highest BCUT2D eigenvalue weighted by Gasteiger charge is 2.21. The Bertz CT molecular complexity index is 681.